The fourth-order valence-corrected chi connectivity index (χ4v) is 4.10. The zero-order valence-electron chi connectivity index (χ0n) is 17.6. The number of thiazole rings is 1. The molecule has 2 heterocycles. The van der Waals surface area contributed by atoms with Crippen LogP contribution in [-0.2, 0) is 4.79 Å². The second-order valence-electron chi connectivity index (χ2n) is 8.40. The lowest BCUT2D eigenvalue weighted by molar-refractivity contribution is -0.117. The maximum absolute atomic E-state index is 12.2. The van der Waals surface area contributed by atoms with Crippen molar-refractivity contribution in [3.8, 4) is 17.1 Å². The Morgan fingerprint density at radius 3 is 2.46 bits per heavy atom. The van der Waals surface area contributed by atoms with E-state index in [4.69, 9.17) is 9.72 Å². The van der Waals surface area contributed by atoms with E-state index in [1.807, 2.05) is 46.1 Å². The van der Waals surface area contributed by atoms with Gasteiger partial charge in [0.2, 0.25) is 5.91 Å². The first-order valence-electron chi connectivity index (χ1n) is 9.30. The van der Waals surface area contributed by atoms with Gasteiger partial charge in [0.15, 0.2) is 5.13 Å². The molecule has 0 unspecified atom stereocenters. The number of benzene rings is 1. The average molecular weight is 398 g/mol. The molecule has 0 saturated heterocycles. The smallest absolute Gasteiger partial charge is 0.226 e. The van der Waals surface area contributed by atoms with Crippen molar-refractivity contribution in [2.75, 3.05) is 12.4 Å². The summed E-state index contributed by atoms with van der Waals surface area (Å²) in [4.78, 5) is 21.6. The monoisotopic (exact) mass is 397 g/mol. The van der Waals surface area contributed by atoms with Crippen molar-refractivity contribution in [2.45, 2.75) is 48.0 Å². The van der Waals surface area contributed by atoms with Crippen LogP contribution in [0.25, 0.3) is 22.3 Å². The van der Waals surface area contributed by atoms with Crippen molar-refractivity contribution < 1.29 is 9.53 Å². The van der Waals surface area contributed by atoms with Crippen LogP contribution in [0.5, 0.6) is 5.75 Å². The lowest BCUT2D eigenvalue weighted by atomic mass is 9.92. The largest absolute Gasteiger partial charge is 0.496 e. The Bertz CT molecular complexity index is 1050. The summed E-state index contributed by atoms with van der Waals surface area (Å²) in [6.45, 7) is 12.3. The van der Waals surface area contributed by atoms with Crippen LogP contribution in [0.15, 0.2) is 17.5 Å². The predicted octanol–water partition coefficient (Wildman–Crippen LogP) is 5.67. The molecule has 148 valence electrons. The van der Waals surface area contributed by atoms with Crippen LogP contribution in [0, 0.1) is 26.2 Å². The molecule has 0 fully saturated rings. The second kappa shape index (κ2) is 7.51. The first-order valence-corrected chi connectivity index (χ1v) is 10.2. The third kappa shape index (κ3) is 4.17. The number of ether oxygens (including phenoxy) is 1. The van der Waals surface area contributed by atoms with Crippen molar-refractivity contribution in [1.82, 2.24) is 9.97 Å². The highest BCUT2D eigenvalue weighted by molar-refractivity contribution is 7.14. The standard InChI is InChI=1S/C22H27N3O2S/c1-12-9-16(23-19-14(3)20(27-7)13(2)8-15(12)19)17-11-28-21(24-17)25-18(26)10-22(4,5)6/h8-9,11H,10H2,1-7H3,(H,24,25,26). The number of rotatable bonds is 4. The van der Waals surface area contributed by atoms with Crippen LogP contribution in [0.2, 0.25) is 0 Å². The zero-order valence-corrected chi connectivity index (χ0v) is 18.4. The van der Waals surface area contributed by atoms with Gasteiger partial charge in [0.25, 0.3) is 0 Å². The van der Waals surface area contributed by atoms with Crippen LogP contribution < -0.4 is 10.1 Å². The Morgan fingerprint density at radius 2 is 1.82 bits per heavy atom. The van der Waals surface area contributed by atoms with E-state index in [9.17, 15) is 4.79 Å². The van der Waals surface area contributed by atoms with E-state index >= 15 is 0 Å². The Kier molecular flexibility index (Phi) is 5.44. The number of amides is 1. The van der Waals surface area contributed by atoms with E-state index in [0.717, 1.165) is 44.7 Å². The van der Waals surface area contributed by atoms with Gasteiger partial charge in [-0.3, -0.25) is 4.79 Å². The van der Waals surface area contributed by atoms with Crippen molar-refractivity contribution in [1.29, 1.82) is 0 Å². The van der Waals surface area contributed by atoms with Crippen LogP contribution in [0.4, 0.5) is 5.13 Å². The van der Waals surface area contributed by atoms with Crippen LogP contribution in [-0.4, -0.2) is 23.0 Å². The molecule has 1 N–H and O–H groups in total. The Labute approximate surface area is 170 Å². The summed E-state index contributed by atoms with van der Waals surface area (Å²) in [5, 5.41) is 6.55. The summed E-state index contributed by atoms with van der Waals surface area (Å²) in [5.41, 5.74) is 5.69. The Balaban J connectivity index is 1.96. The number of nitrogens with one attached hydrogen (secondary N) is 1. The molecule has 3 aromatic rings. The molecule has 0 radical (unpaired) electrons. The summed E-state index contributed by atoms with van der Waals surface area (Å²) in [6, 6.07) is 4.16. The minimum absolute atomic E-state index is 0.0212. The quantitative estimate of drug-likeness (QED) is 0.616. The third-order valence-corrected chi connectivity index (χ3v) is 5.35. The van der Waals surface area contributed by atoms with E-state index in [1.165, 1.54) is 11.3 Å². The molecule has 6 heteroatoms. The van der Waals surface area contributed by atoms with Crippen LogP contribution in [0.1, 0.15) is 43.9 Å². The predicted molar refractivity (Wildman–Crippen MR) is 116 cm³/mol. The van der Waals surface area contributed by atoms with Gasteiger partial charge in [0.1, 0.15) is 11.4 Å². The normalized spacial score (nSPS) is 11.7. The maximum Gasteiger partial charge on any atom is 0.226 e. The van der Waals surface area contributed by atoms with Crippen molar-refractivity contribution in [3.63, 3.8) is 0 Å². The summed E-state index contributed by atoms with van der Waals surface area (Å²) in [7, 11) is 1.69. The van der Waals surface area contributed by atoms with Gasteiger partial charge < -0.3 is 10.1 Å². The fourth-order valence-electron chi connectivity index (χ4n) is 3.38. The van der Waals surface area contributed by atoms with E-state index in [2.05, 4.69) is 23.3 Å². The molecule has 0 aliphatic rings. The molecule has 0 atom stereocenters. The highest BCUT2D eigenvalue weighted by Gasteiger charge is 2.18. The fraction of sp³-hybridized carbons (Fsp3) is 0.409. The summed E-state index contributed by atoms with van der Waals surface area (Å²) >= 11 is 1.42. The highest BCUT2D eigenvalue weighted by atomic mass is 32.1. The van der Waals surface area contributed by atoms with Gasteiger partial charge in [-0.15, -0.1) is 11.3 Å². The lowest BCUT2D eigenvalue weighted by Crippen LogP contribution is -2.19. The van der Waals surface area contributed by atoms with E-state index in [-0.39, 0.29) is 11.3 Å². The first kappa shape index (κ1) is 20.3. The number of anilines is 1. The summed E-state index contributed by atoms with van der Waals surface area (Å²) < 4.78 is 5.56. The SMILES string of the molecule is COc1c(C)cc2c(C)cc(-c3csc(NC(=O)CC(C)(C)C)n3)nc2c1C. The third-order valence-electron chi connectivity index (χ3n) is 4.59. The number of aromatic nitrogens is 2. The average Bonchev–Trinajstić information content (AvgIpc) is 3.02. The van der Waals surface area contributed by atoms with E-state index in [0.29, 0.717) is 11.6 Å². The molecule has 0 aliphatic heterocycles. The van der Waals surface area contributed by atoms with Gasteiger partial charge in [-0.25, -0.2) is 9.97 Å². The number of hydrogen-bond donors (Lipinski definition) is 1. The van der Waals surface area contributed by atoms with Gasteiger partial charge in [0.05, 0.1) is 18.3 Å². The van der Waals surface area contributed by atoms with Crippen molar-refractivity contribution >= 4 is 33.3 Å². The van der Waals surface area contributed by atoms with Crippen molar-refractivity contribution in [2.24, 2.45) is 5.41 Å². The van der Waals surface area contributed by atoms with E-state index in [1.54, 1.807) is 7.11 Å². The minimum Gasteiger partial charge on any atom is -0.496 e. The number of hydrogen-bond acceptors (Lipinski definition) is 5. The first-order chi connectivity index (χ1) is 13.1. The molecule has 0 aliphatic carbocycles. The molecule has 0 saturated carbocycles. The number of pyridine rings is 1. The molecular formula is C22H27N3O2S. The molecule has 1 amide bonds. The molecule has 3 rings (SSSR count). The maximum atomic E-state index is 12.2. The minimum atomic E-state index is -0.0596. The van der Waals surface area contributed by atoms with Crippen molar-refractivity contribution in [3.05, 3.63) is 34.2 Å². The van der Waals surface area contributed by atoms with Gasteiger partial charge in [-0.05, 0) is 49.4 Å². The Hall–Kier alpha value is -2.47. The lowest BCUT2D eigenvalue weighted by Gasteiger charge is -2.16. The molecule has 2 aromatic heterocycles. The van der Waals surface area contributed by atoms with Gasteiger partial charge in [-0.2, -0.15) is 0 Å². The van der Waals surface area contributed by atoms with E-state index < -0.39 is 0 Å². The second-order valence-corrected chi connectivity index (χ2v) is 9.25. The molecular weight excluding hydrogens is 370 g/mol. The highest BCUT2D eigenvalue weighted by Crippen LogP contribution is 2.34. The molecule has 5 nitrogen and oxygen atoms in total. The molecule has 0 bridgehead atoms. The number of fused-ring (bicyclic) bond motifs is 1. The van der Waals surface area contributed by atoms with Gasteiger partial charge >= 0.3 is 0 Å². The topological polar surface area (TPSA) is 64.1 Å². The molecule has 28 heavy (non-hydrogen) atoms. The molecule has 1 aromatic carbocycles. The number of aryl methyl sites for hydroxylation is 3. The zero-order chi connectivity index (χ0) is 20.6. The Morgan fingerprint density at radius 1 is 1.11 bits per heavy atom. The number of methoxy groups -OCH3 is 1. The van der Waals surface area contributed by atoms with Gasteiger partial charge in [-0.1, -0.05) is 20.8 Å². The van der Waals surface area contributed by atoms with Crippen LogP contribution >= 0.6 is 11.3 Å². The summed E-state index contributed by atoms with van der Waals surface area (Å²) in [6.07, 6.45) is 0.452. The number of carbonyl (C=O) groups excluding carboxylic acids is 1. The summed E-state index contributed by atoms with van der Waals surface area (Å²) in [5.74, 6) is 0.845. The molecule has 0 spiro atoms. The van der Waals surface area contributed by atoms with Gasteiger partial charge in [0, 0.05) is 22.8 Å². The number of carbonyl (C=O) groups is 1. The number of nitrogens with zero attached hydrogens (tertiary/aromatic N) is 2. The van der Waals surface area contributed by atoms with Crippen LogP contribution in [0.3, 0.4) is 0 Å².